The largest absolute Gasteiger partial charge is 0.347 e. The fraction of sp³-hybridized carbons (Fsp3) is 0.526. The first-order valence-corrected chi connectivity index (χ1v) is 11.0. The van der Waals surface area contributed by atoms with Gasteiger partial charge in [-0.05, 0) is 31.9 Å². The van der Waals surface area contributed by atoms with Crippen LogP contribution in [0.2, 0.25) is 0 Å². The van der Waals surface area contributed by atoms with Crippen molar-refractivity contribution in [3.8, 4) is 0 Å². The van der Waals surface area contributed by atoms with E-state index in [2.05, 4.69) is 16.2 Å². The zero-order valence-corrected chi connectivity index (χ0v) is 17.5. The Morgan fingerprint density at radius 1 is 1.00 bits per heavy atom. The zero-order valence-electron chi connectivity index (χ0n) is 16.7. The SMILES string of the molecule is Cc1ccc(S(=O)(=O)N(C)CC(=O)NNC(=O)CNC(=O)C2CCCCC2)cc1. The van der Waals surface area contributed by atoms with Gasteiger partial charge in [0, 0.05) is 13.0 Å². The Hall–Kier alpha value is -2.46. The summed E-state index contributed by atoms with van der Waals surface area (Å²) in [4.78, 5) is 35.8. The monoisotopic (exact) mass is 424 g/mol. The Labute approximate surface area is 171 Å². The van der Waals surface area contributed by atoms with E-state index in [1.807, 2.05) is 6.92 Å². The maximum atomic E-state index is 12.5. The Morgan fingerprint density at radius 2 is 1.59 bits per heavy atom. The number of likely N-dealkylation sites (N-methyl/N-ethyl adjacent to an activating group) is 1. The van der Waals surface area contributed by atoms with Gasteiger partial charge in [-0.15, -0.1) is 0 Å². The molecule has 9 nitrogen and oxygen atoms in total. The molecule has 1 saturated carbocycles. The molecular formula is C19H28N4O5S. The molecule has 0 unspecified atom stereocenters. The summed E-state index contributed by atoms with van der Waals surface area (Å²) < 4.78 is 25.8. The molecule has 0 radical (unpaired) electrons. The van der Waals surface area contributed by atoms with E-state index in [4.69, 9.17) is 0 Å². The van der Waals surface area contributed by atoms with E-state index in [1.165, 1.54) is 19.2 Å². The van der Waals surface area contributed by atoms with E-state index in [0.717, 1.165) is 42.0 Å². The molecule has 1 aliphatic carbocycles. The number of rotatable bonds is 7. The van der Waals surface area contributed by atoms with Gasteiger partial charge in [0.1, 0.15) is 0 Å². The third-order valence-electron chi connectivity index (χ3n) is 4.84. The van der Waals surface area contributed by atoms with Gasteiger partial charge in [0.05, 0.1) is 18.0 Å². The van der Waals surface area contributed by atoms with Crippen LogP contribution in [0.3, 0.4) is 0 Å². The van der Waals surface area contributed by atoms with E-state index in [9.17, 15) is 22.8 Å². The Morgan fingerprint density at radius 3 is 2.21 bits per heavy atom. The van der Waals surface area contributed by atoms with Crippen molar-refractivity contribution in [3.63, 3.8) is 0 Å². The molecule has 29 heavy (non-hydrogen) atoms. The lowest BCUT2D eigenvalue weighted by Gasteiger charge is -2.20. The number of benzene rings is 1. The lowest BCUT2D eigenvalue weighted by Crippen LogP contribution is -2.50. The molecule has 10 heteroatoms. The van der Waals surface area contributed by atoms with Gasteiger partial charge in [0.2, 0.25) is 15.9 Å². The Kier molecular flexibility index (Phi) is 8.15. The average molecular weight is 425 g/mol. The summed E-state index contributed by atoms with van der Waals surface area (Å²) in [7, 11) is -2.54. The second-order valence-corrected chi connectivity index (χ2v) is 9.27. The number of hydrazine groups is 1. The number of nitrogens with one attached hydrogen (secondary N) is 3. The standard InChI is InChI=1S/C19H28N4O5S/c1-14-8-10-16(11-9-14)29(27,28)23(2)13-18(25)22-21-17(24)12-20-19(26)15-6-4-3-5-7-15/h8-11,15H,3-7,12-13H2,1-2H3,(H,20,26)(H,21,24)(H,22,25). The quantitative estimate of drug-likeness (QED) is 0.549. The normalized spacial score (nSPS) is 15.0. The number of carbonyl (C=O) groups excluding carboxylic acids is 3. The van der Waals surface area contributed by atoms with Crippen molar-refractivity contribution in [3.05, 3.63) is 29.8 Å². The van der Waals surface area contributed by atoms with Crippen LogP contribution in [0.15, 0.2) is 29.2 Å². The van der Waals surface area contributed by atoms with Crippen LogP contribution in [-0.2, 0) is 24.4 Å². The molecule has 0 atom stereocenters. The maximum Gasteiger partial charge on any atom is 0.257 e. The molecule has 1 aromatic rings. The summed E-state index contributed by atoms with van der Waals surface area (Å²) in [6, 6.07) is 6.27. The fourth-order valence-electron chi connectivity index (χ4n) is 3.08. The van der Waals surface area contributed by atoms with Crippen molar-refractivity contribution in [1.82, 2.24) is 20.5 Å². The first kappa shape index (κ1) is 22.8. The lowest BCUT2D eigenvalue weighted by molar-refractivity contribution is -0.131. The molecule has 0 spiro atoms. The molecule has 3 amide bonds. The summed E-state index contributed by atoms with van der Waals surface area (Å²) in [6.07, 6.45) is 4.81. The van der Waals surface area contributed by atoms with Crippen molar-refractivity contribution >= 4 is 27.7 Å². The van der Waals surface area contributed by atoms with Gasteiger partial charge in [0.15, 0.2) is 0 Å². The number of hydrogen-bond acceptors (Lipinski definition) is 5. The topological polar surface area (TPSA) is 125 Å². The first-order valence-electron chi connectivity index (χ1n) is 9.58. The molecule has 0 aliphatic heterocycles. The minimum Gasteiger partial charge on any atom is -0.347 e. The first-order chi connectivity index (χ1) is 13.7. The molecule has 2 rings (SSSR count). The van der Waals surface area contributed by atoms with Crippen molar-refractivity contribution in [2.75, 3.05) is 20.1 Å². The summed E-state index contributed by atoms with van der Waals surface area (Å²) in [5, 5.41) is 2.56. The van der Waals surface area contributed by atoms with Crippen LogP contribution in [0.25, 0.3) is 0 Å². The highest BCUT2D eigenvalue weighted by Crippen LogP contribution is 2.23. The second-order valence-electron chi connectivity index (χ2n) is 7.22. The smallest absolute Gasteiger partial charge is 0.257 e. The second kappa shape index (κ2) is 10.4. The van der Waals surface area contributed by atoms with Gasteiger partial charge in [0.25, 0.3) is 11.8 Å². The summed E-state index contributed by atoms with van der Waals surface area (Å²) in [6.45, 7) is 1.12. The van der Waals surface area contributed by atoms with Crippen molar-refractivity contribution in [2.45, 2.75) is 43.9 Å². The highest BCUT2D eigenvalue weighted by molar-refractivity contribution is 7.89. The van der Waals surface area contributed by atoms with Gasteiger partial charge in [-0.3, -0.25) is 25.2 Å². The van der Waals surface area contributed by atoms with Crippen LogP contribution in [-0.4, -0.2) is 50.6 Å². The molecule has 1 fully saturated rings. The van der Waals surface area contributed by atoms with E-state index in [1.54, 1.807) is 12.1 Å². The highest BCUT2D eigenvalue weighted by atomic mass is 32.2. The van der Waals surface area contributed by atoms with Crippen molar-refractivity contribution < 1.29 is 22.8 Å². The van der Waals surface area contributed by atoms with Gasteiger partial charge in [-0.2, -0.15) is 4.31 Å². The van der Waals surface area contributed by atoms with E-state index in [0.29, 0.717) is 0 Å². The summed E-state index contributed by atoms with van der Waals surface area (Å²) >= 11 is 0. The molecule has 1 aromatic carbocycles. The van der Waals surface area contributed by atoms with Crippen molar-refractivity contribution in [2.24, 2.45) is 5.92 Å². The van der Waals surface area contributed by atoms with E-state index < -0.39 is 28.4 Å². The number of hydrogen-bond donors (Lipinski definition) is 3. The minimum atomic E-state index is -3.82. The van der Waals surface area contributed by atoms with Crippen LogP contribution in [0.5, 0.6) is 0 Å². The Balaban J connectivity index is 1.74. The lowest BCUT2D eigenvalue weighted by atomic mass is 9.89. The van der Waals surface area contributed by atoms with E-state index in [-0.39, 0.29) is 23.3 Å². The predicted octanol–water partition coefficient (Wildman–Crippen LogP) is 0.459. The molecule has 0 bridgehead atoms. The van der Waals surface area contributed by atoms with Crippen molar-refractivity contribution in [1.29, 1.82) is 0 Å². The van der Waals surface area contributed by atoms with Gasteiger partial charge in [-0.25, -0.2) is 8.42 Å². The zero-order chi connectivity index (χ0) is 21.4. The number of amides is 3. The number of sulfonamides is 1. The third kappa shape index (κ3) is 6.82. The number of carbonyl (C=O) groups is 3. The van der Waals surface area contributed by atoms with Gasteiger partial charge < -0.3 is 5.32 Å². The number of nitrogens with zero attached hydrogens (tertiary/aromatic N) is 1. The molecule has 160 valence electrons. The van der Waals surface area contributed by atoms with Crippen LogP contribution in [0.1, 0.15) is 37.7 Å². The van der Waals surface area contributed by atoms with Crippen LogP contribution < -0.4 is 16.2 Å². The minimum absolute atomic E-state index is 0.0632. The third-order valence-corrected chi connectivity index (χ3v) is 6.65. The molecule has 3 N–H and O–H groups in total. The summed E-state index contributed by atoms with van der Waals surface area (Å²) in [5.41, 5.74) is 5.24. The maximum absolute atomic E-state index is 12.5. The highest BCUT2D eigenvalue weighted by Gasteiger charge is 2.23. The van der Waals surface area contributed by atoms with Crippen LogP contribution in [0, 0.1) is 12.8 Å². The average Bonchev–Trinajstić information content (AvgIpc) is 2.71. The molecule has 1 aliphatic rings. The molecule has 0 aromatic heterocycles. The predicted molar refractivity (Wildman–Crippen MR) is 107 cm³/mol. The van der Waals surface area contributed by atoms with Gasteiger partial charge >= 0.3 is 0 Å². The Bertz CT molecular complexity index is 833. The molecular weight excluding hydrogens is 396 g/mol. The molecule has 0 saturated heterocycles. The molecule has 0 heterocycles. The fourth-order valence-corrected chi connectivity index (χ4v) is 4.20. The number of aryl methyl sites for hydroxylation is 1. The van der Waals surface area contributed by atoms with E-state index >= 15 is 0 Å². The van der Waals surface area contributed by atoms with Crippen LogP contribution in [0.4, 0.5) is 0 Å². The van der Waals surface area contributed by atoms with Crippen LogP contribution >= 0.6 is 0 Å². The van der Waals surface area contributed by atoms with Gasteiger partial charge in [-0.1, -0.05) is 37.0 Å². The summed E-state index contributed by atoms with van der Waals surface area (Å²) in [5.74, 6) is -1.51.